The minimum absolute atomic E-state index is 0.0811. The van der Waals surface area contributed by atoms with Gasteiger partial charge >= 0.3 is 0 Å². The van der Waals surface area contributed by atoms with Gasteiger partial charge in [-0.05, 0) is 50.0 Å². The normalized spacial score (nSPS) is 22.4. The van der Waals surface area contributed by atoms with E-state index in [9.17, 15) is 4.21 Å². The maximum absolute atomic E-state index is 12.9. The highest BCUT2D eigenvalue weighted by Crippen LogP contribution is 2.46. The highest BCUT2D eigenvalue weighted by atomic mass is 32.2. The summed E-state index contributed by atoms with van der Waals surface area (Å²) in [7, 11) is -2.84. The molecule has 0 radical (unpaired) electrons. The first-order valence-electron chi connectivity index (χ1n) is 9.66. The molecule has 26 heavy (non-hydrogen) atoms. The van der Waals surface area contributed by atoms with Crippen LogP contribution in [0.5, 0.6) is 0 Å². The summed E-state index contributed by atoms with van der Waals surface area (Å²) in [5.74, 6) is 0.611. The van der Waals surface area contributed by atoms with Crippen molar-refractivity contribution in [3.63, 3.8) is 0 Å². The third-order valence-electron chi connectivity index (χ3n) is 6.40. The predicted octanol–water partition coefficient (Wildman–Crippen LogP) is 6.32. The third kappa shape index (κ3) is 4.57. The van der Waals surface area contributed by atoms with E-state index in [0.29, 0.717) is 5.75 Å². The fourth-order valence-corrected chi connectivity index (χ4v) is 6.42. The molecule has 0 fully saturated rings. The summed E-state index contributed by atoms with van der Waals surface area (Å²) < 4.78 is 19.8. The Morgan fingerprint density at radius 1 is 1.19 bits per heavy atom. The van der Waals surface area contributed by atoms with Gasteiger partial charge in [0, 0.05) is 10.3 Å². The number of hydrogen-bond acceptors (Lipinski definition) is 2. The molecule has 0 aliphatic heterocycles. The molecule has 1 aliphatic rings. The second-order valence-corrected chi connectivity index (χ2v) is 15.9. The Hall–Kier alpha value is -0.713. The van der Waals surface area contributed by atoms with Crippen molar-refractivity contribution < 1.29 is 8.63 Å². The Morgan fingerprint density at radius 2 is 1.77 bits per heavy atom. The Bertz CT molecular complexity index is 684. The van der Waals surface area contributed by atoms with Crippen LogP contribution in [0.15, 0.2) is 46.4 Å². The highest BCUT2D eigenvalue weighted by Gasteiger charge is 2.45. The van der Waals surface area contributed by atoms with Crippen LogP contribution in [-0.4, -0.2) is 24.4 Å². The van der Waals surface area contributed by atoms with Gasteiger partial charge in [-0.1, -0.05) is 64.0 Å². The molecule has 0 heterocycles. The molecule has 146 valence electrons. The predicted molar refractivity (Wildman–Crippen MR) is 116 cm³/mol. The minimum atomic E-state index is -1.84. The highest BCUT2D eigenvalue weighted by molar-refractivity contribution is 7.85. The van der Waals surface area contributed by atoms with E-state index in [4.69, 9.17) is 4.43 Å². The Balaban J connectivity index is 2.25. The van der Waals surface area contributed by atoms with Gasteiger partial charge in [-0.25, -0.2) is 0 Å². The molecule has 2 unspecified atom stereocenters. The van der Waals surface area contributed by atoms with Crippen molar-refractivity contribution in [1.82, 2.24) is 0 Å². The maximum Gasteiger partial charge on any atom is 0.192 e. The summed E-state index contributed by atoms with van der Waals surface area (Å²) >= 11 is 0. The van der Waals surface area contributed by atoms with Crippen LogP contribution in [0.3, 0.4) is 0 Å². The van der Waals surface area contributed by atoms with Crippen molar-refractivity contribution >= 4 is 19.1 Å². The molecule has 2 atom stereocenters. The monoisotopic (exact) mass is 392 g/mol. The molecule has 0 bridgehead atoms. The molecule has 0 saturated carbocycles. The van der Waals surface area contributed by atoms with E-state index >= 15 is 0 Å². The van der Waals surface area contributed by atoms with Crippen molar-refractivity contribution in [1.29, 1.82) is 0 Å². The molecular formula is C22H36O2SSi. The average Bonchev–Trinajstić information content (AvgIpc) is 2.54. The van der Waals surface area contributed by atoms with E-state index in [1.165, 1.54) is 11.1 Å². The van der Waals surface area contributed by atoms with E-state index in [0.717, 1.165) is 17.7 Å². The average molecular weight is 393 g/mol. The number of rotatable bonds is 5. The lowest BCUT2D eigenvalue weighted by atomic mass is 9.71. The molecule has 2 nitrogen and oxygen atoms in total. The molecule has 2 rings (SSSR count). The molecule has 1 aromatic rings. The number of hydrogen-bond donors (Lipinski definition) is 0. The summed E-state index contributed by atoms with van der Waals surface area (Å²) in [5.41, 5.74) is 2.64. The molecule has 0 spiro atoms. The molecule has 4 heteroatoms. The van der Waals surface area contributed by atoms with E-state index in [2.05, 4.69) is 54.6 Å². The molecule has 1 aliphatic carbocycles. The number of benzene rings is 1. The van der Waals surface area contributed by atoms with Crippen molar-refractivity contribution in [2.45, 2.75) is 83.5 Å². The minimum Gasteiger partial charge on any atom is -0.413 e. The van der Waals surface area contributed by atoms with Crippen LogP contribution in [0.2, 0.25) is 18.1 Å². The summed E-state index contributed by atoms with van der Waals surface area (Å²) in [5, 5.41) is 0.201. The van der Waals surface area contributed by atoms with Crippen LogP contribution >= 0.6 is 0 Å². The Labute approximate surface area is 164 Å². The van der Waals surface area contributed by atoms with E-state index in [1.54, 1.807) is 0 Å². The van der Waals surface area contributed by atoms with Crippen LogP contribution in [0.25, 0.3) is 0 Å². The van der Waals surface area contributed by atoms with E-state index in [-0.39, 0.29) is 16.6 Å². The van der Waals surface area contributed by atoms with E-state index < -0.39 is 19.1 Å². The molecule has 1 aromatic carbocycles. The van der Waals surface area contributed by atoms with Gasteiger partial charge in [0.05, 0.1) is 22.7 Å². The van der Waals surface area contributed by atoms with Gasteiger partial charge in [0.1, 0.15) is 0 Å². The molecular weight excluding hydrogens is 356 g/mol. The lowest BCUT2D eigenvalue weighted by Gasteiger charge is -2.47. The van der Waals surface area contributed by atoms with Gasteiger partial charge in [0.2, 0.25) is 0 Å². The van der Waals surface area contributed by atoms with Gasteiger partial charge in [-0.3, -0.25) is 4.21 Å². The van der Waals surface area contributed by atoms with Crippen molar-refractivity contribution in [3.05, 3.63) is 41.5 Å². The molecule has 0 aromatic heterocycles. The largest absolute Gasteiger partial charge is 0.413 e. The zero-order valence-corrected chi connectivity index (χ0v) is 19.6. The molecule has 0 saturated heterocycles. The van der Waals surface area contributed by atoms with Crippen LogP contribution in [-0.2, 0) is 15.2 Å². The quantitative estimate of drug-likeness (QED) is 0.433. The van der Waals surface area contributed by atoms with Gasteiger partial charge in [0.15, 0.2) is 8.32 Å². The lowest BCUT2D eigenvalue weighted by molar-refractivity contribution is 0.0683. The molecule has 0 N–H and O–H groups in total. The van der Waals surface area contributed by atoms with Gasteiger partial charge in [-0.2, -0.15) is 0 Å². The summed E-state index contributed by atoms with van der Waals surface area (Å²) in [6, 6.07) is 9.82. The first-order valence-corrected chi connectivity index (χ1v) is 13.9. The smallest absolute Gasteiger partial charge is 0.192 e. The topological polar surface area (TPSA) is 26.3 Å². The SMILES string of the molecule is CC1=C(CS(=O)c2ccccc2)C(C)(C)C(O[Si](C)(C)C(C)(C)C)CC1. The number of allylic oxidation sites excluding steroid dienone is 1. The zero-order chi connectivity index (χ0) is 19.8. The second-order valence-electron chi connectivity index (χ2n) is 9.69. The summed E-state index contributed by atoms with van der Waals surface area (Å²) in [6.07, 6.45) is 2.31. The van der Waals surface area contributed by atoms with Crippen molar-refractivity contribution in [2.75, 3.05) is 5.75 Å². The van der Waals surface area contributed by atoms with E-state index in [1.807, 2.05) is 30.3 Å². The molecule has 0 amide bonds. The van der Waals surface area contributed by atoms with Crippen LogP contribution in [0, 0.1) is 5.41 Å². The van der Waals surface area contributed by atoms with Gasteiger partial charge < -0.3 is 4.43 Å². The fraction of sp³-hybridized carbons (Fsp3) is 0.636. The zero-order valence-electron chi connectivity index (χ0n) is 17.8. The van der Waals surface area contributed by atoms with Gasteiger partial charge in [-0.15, -0.1) is 0 Å². The van der Waals surface area contributed by atoms with Crippen molar-refractivity contribution in [3.8, 4) is 0 Å². The second kappa shape index (κ2) is 7.73. The van der Waals surface area contributed by atoms with Crippen LogP contribution < -0.4 is 0 Å². The van der Waals surface area contributed by atoms with Crippen LogP contribution in [0.1, 0.15) is 54.4 Å². The summed E-state index contributed by atoms with van der Waals surface area (Å²) in [4.78, 5) is 0.913. The first-order chi connectivity index (χ1) is 11.9. The first kappa shape index (κ1) is 21.6. The van der Waals surface area contributed by atoms with Gasteiger partial charge in [0.25, 0.3) is 0 Å². The van der Waals surface area contributed by atoms with Crippen LogP contribution in [0.4, 0.5) is 0 Å². The Morgan fingerprint density at radius 3 is 2.31 bits per heavy atom. The lowest BCUT2D eigenvalue weighted by Crippen LogP contribution is -2.49. The fourth-order valence-electron chi connectivity index (χ4n) is 3.44. The standard InChI is InChI=1S/C22H36O2SSi/c1-17-14-15-20(24-26(7,8)21(2,3)4)22(5,6)19(17)16-25(23)18-12-10-9-11-13-18/h9-13,20H,14-16H2,1-8H3. The summed E-state index contributed by atoms with van der Waals surface area (Å²) in [6.45, 7) is 18.3. The third-order valence-corrected chi connectivity index (χ3v) is 12.2. The Kier molecular flexibility index (Phi) is 6.41. The van der Waals surface area contributed by atoms with Crippen molar-refractivity contribution in [2.24, 2.45) is 5.41 Å². The maximum atomic E-state index is 12.9.